The van der Waals surface area contributed by atoms with Gasteiger partial charge in [-0.05, 0) is 49.2 Å². The Morgan fingerprint density at radius 2 is 1.80 bits per heavy atom. The zero-order valence-corrected chi connectivity index (χ0v) is 13.4. The molecule has 1 saturated heterocycles. The summed E-state index contributed by atoms with van der Waals surface area (Å²) in [5, 5.41) is 18.5. The summed E-state index contributed by atoms with van der Waals surface area (Å²) in [5.74, 6) is 0.949. The van der Waals surface area contributed by atoms with Gasteiger partial charge in [0.25, 0.3) is 5.91 Å². The predicted molar refractivity (Wildman–Crippen MR) is 91.2 cm³/mol. The van der Waals surface area contributed by atoms with E-state index in [0.29, 0.717) is 11.6 Å². The summed E-state index contributed by atoms with van der Waals surface area (Å²) in [4.78, 5) is 14.5. The van der Waals surface area contributed by atoms with E-state index in [1.54, 1.807) is 30.3 Å². The molecule has 8 heteroatoms. The van der Waals surface area contributed by atoms with Crippen molar-refractivity contribution in [3.8, 4) is 11.5 Å². The highest BCUT2D eigenvalue weighted by molar-refractivity contribution is 6.02. The van der Waals surface area contributed by atoms with Gasteiger partial charge in [0.1, 0.15) is 0 Å². The lowest BCUT2D eigenvalue weighted by molar-refractivity contribution is 0.102. The third-order valence-electron chi connectivity index (χ3n) is 4.06. The minimum atomic E-state index is -0.300. The summed E-state index contributed by atoms with van der Waals surface area (Å²) in [6.45, 7) is 1.99. The van der Waals surface area contributed by atoms with Crippen molar-refractivity contribution < 1.29 is 9.21 Å². The van der Waals surface area contributed by atoms with Crippen LogP contribution < -0.4 is 10.2 Å². The van der Waals surface area contributed by atoms with Crippen molar-refractivity contribution in [1.82, 2.24) is 20.4 Å². The molecule has 1 aliphatic rings. The highest BCUT2D eigenvalue weighted by Crippen LogP contribution is 2.20. The molecule has 0 bridgehead atoms. The fourth-order valence-corrected chi connectivity index (χ4v) is 2.75. The molecule has 4 rings (SSSR count). The Morgan fingerprint density at radius 3 is 2.44 bits per heavy atom. The van der Waals surface area contributed by atoms with Gasteiger partial charge in [-0.25, -0.2) is 0 Å². The van der Waals surface area contributed by atoms with Crippen molar-refractivity contribution in [2.24, 2.45) is 0 Å². The van der Waals surface area contributed by atoms with Gasteiger partial charge < -0.3 is 14.6 Å². The highest BCUT2D eigenvalue weighted by Gasteiger charge is 2.15. The smallest absolute Gasteiger partial charge is 0.276 e. The predicted octanol–water partition coefficient (Wildman–Crippen LogP) is 2.38. The molecular formula is C17H16N6O2. The summed E-state index contributed by atoms with van der Waals surface area (Å²) >= 11 is 0. The number of carbonyl (C=O) groups excluding carboxylic acids is 1. The Morgan fingerprint density at radius 1 is 1.00 bits per heavy atom. The van der Waals surface area contributed by atoms with Crippen molar-refractivity contribution in [2.75, 3.05) is 23.3 Å². The van der Waals surface area contributed by atoms with Crippen LogP contribution in [0.15, 0.2) is 47.2 Å². The molecule has 126 valence electrons. The lowest BCUT2D eigenvalue weighted by Gasteiger charge is -2.15. The van der Waals surface area contributed by atoms with Crippen LogP contribution in [0, 0.1) is 0 Å². The van der Waals surface area contributed by atoms with Gasteiger partial charge in [0.05, 0.1) is 0 Å². The van der Waals surface area contributed by atoms with E-state index in [1.165, 1.54) is 19.2 Å². The number of aromatic nitrogens is 4. The Labute approximate surface area is 143 Å². The highest BCUT2D eigenvalue weighted by atomic mass is 16.4. The number of hydrogen-bond acceptors (Lipinski definition) is 7. The van der Waals surface area contributed by atoms with Crippen LogP contribution in [0.1, 0.15) is 23.3 Å². The third kappa shape index (κ3) is 3.32. The van der Waals surface area contributed by atoms with Crippen LogP contribution in [0.5, 0.6) is 0 Å². The van der Waals surface area contributed by atoms with Crippen LogP contribution in [0.2, 0.25) is 0 Å². The van der Waals surface area contributed by atoms with Gasteiger partial charge in [0.15, 0.2) is 11.5 Å². The van der Waals surface area contributed by atoms with Gasteiger partial charge in [-0.15, -0.1) is 20.4 Å². The van der Waals surface area contributed by atoms with Crippen LogP contribution in [0.25, 0.3) is 11.5 Å². The van der Waals surface area contributed by atoms with E-state index in [1.807, 2.05) is 6.07 Å². The molecule has 1 aromatic carbocycles. The Bertz CT molecular complexity index is 840. The van der Waals surface area contributed by atoms with Crippen LogP contribution in [-0.2, 0) is 0 Å². The Balaban J connectivity index is 1.42. The molecule has 0 saturated carbocycles. The second-order valence-electron chi connectivity index (χ2n) is 5.75. The minimum absolute atomic E-state index is 0.281. The van der Waals surface area contributed by atoms with Gasteiger partial charge in [0, 0.05) is 24.3 Å². The summed E-state index contributed by atoms with van der Waals surface area (Å²) < 4.78 is 5.13. The molecule has 0 radical (unpaired) electrons. The summed E-state index contributed by atoms with van der Waals surface area (Å²) in [6, 6.07) is 10.7. The first-order chi connectivity index (χ1) is 12.3. The van der Waals surface area contributed by atoms with Crippen molar-refractivity contribution >= 4 is 17.4 Å². The number of nitrogens with zero attached hydrogens (tertiary/aromatic N) is 5. The SMILES string of the molecule is O=C(Nc1ccc(-c2nnco2)cc1)c1ccc(N2CCCC2)nn1. The number of nitrogens with one attached hydrogen (secondary N) is 1. The molecule has 1 fully saturated rings. The third-order valence-corrected chi connectivity index (χ3v) is 4.06. The summed E-state index contributed by atoms with van der Waals surface area (Å²) in [6.07, 6.45) is 3.61. The lowest BCUT2D eigenvalue weighted by atomic mass is 10.2. The lowest BCUT2D eigenvalue weighted by Crippen LogP contribution is -2.21. The maximum absolute atomic E-state index is 12.3. The molecular weight excluding hydrogens is 320 g/mol. The topological polar surface area (TPSA) is 97.0 Å². The standard InChI is InChI=1S/C17H16N6O2/c24-16(14-7-8-15(21-20-14)23-9-1-2-10-23)19-13-5-3-12(4-6-13)17-22-18-11-25-17/h3-8,11H,1-2,9-10H2,(H,19,24). The fraction of sp³-hybridized carbons (Fsp3) is 0.235. The van der Waals surface area contributed by atoms with E-state index in [0.717, 1.165) is 24.5 Å². The zero-order chi connectivity index (χ0) is 17.1. The summed E-state index contributed by atoms with van der Waals surface area (Å²) in [7, 11) is 0. The van der Waals surface area contributed by atoms with Crippen molar-refractivity contribution in [1.29, 1.82) is 0 Å². The first-order valence-corrected chi connectivity index (χ1v) is 8.06. The van der Waals surface area contributed by atoms with Crippen LogP contribution in [0.3, 0.4) is 0 Å². The maximum atomic E-state index is 12.3. The maximum Gasteiger partial charge on any atom is 0.276 e. The van der Waals surface area contributed by atoms with E-state index in [4.69, 9.17) is 4.42 Å². The van der Waals surface area contributed by atoms with Gasteiger partial charge >= 0.3 is 0 Å². The van der Waals surface area contributed by atoms with Gasteiger partial charge in [0.2, 0.25) is 12.3 Å². The zero-order valence-electron chi connectivity index (χ0n) is 13.4. The average molecular weight is 336 g/mol. The molecule has 8 nitrogen and oxygen atoms in total. The van der Waals surface area contributed by atoms with Crippen molar-refractivity contribution in [3.63, 3.8) is 0 Å². The van der Waals surface area contributed by atoms with Crippen LogP contribution in [0.4, 0.5) is 11.5 Å². The first-order valence-electron chi connectivity index (χ1n) is 8.06. The van der Waals surface area contributed by atoms with Gasteiger partial charge in [-0.3, -0.25) is 4.79 Å². The summed E-state index contributed by atoms with van der Waals surface area (Å²) in [5.41, 5.74) is 1.72. The Hall–Kier alpha value is -3.29. The van der Waals surface area contributed by atoms with E-state index in [2.05, 4.69) is 30.6 Å². The monoisotopic (exact) mass is 336 g/mol. The molecule has 0 atom stereocenters. The first kappa shape index (κ1) is 15.3. The number of benzene rings is 1. The molecule has 0 spiro atoms. The molecule has 3 heterocycles. The number of rotatable bonds is 4. The number of anilines is 2. The second-order valence-corrected chi connectivity index (χ2v) is 5.75. The average Bonchev–Trinajstić information content (AvgIpc) is 3.36. The van der Waals surface area contributed by atoms with E-state index in [9.17, 15) is 4.79 Å². The Kier molecular flexibility index (Phi) is 4.07. The normalized spacial score (nSPS) is 13.8. The molecule has 1 N–H and O–H groups in total. The minimum Gasteiger partial charge on any atom is -0.423 e. The van der Waals surface area contributed by atoms with Crippen molar-refractivity contribution in [3.05, 3.63) is 48.5 Å². The molecule has 3 aromatic rings. The van der Waals surface area contributed by atoms with Gasteiger partial charge in [-0.2, -0.15) is 0 Å². The fourth-order valence-electron chi connectivity index (χ4n) is 2.75. The molecule has 1 amide bonds. The van der Waals surface area contributed by atoms with E-state index >= 15 is 0 Å². The van der Waals surface area contributed by atoms with Crippen LogP contribution in [-0.4, -0.2) is 39.4 Å². The molecule has 0 aliphatic carbocycles. The van der Waals surface area contributed by atoms with Crippen LogP contribution >= 0.6 is 0 Å². The van der Waals surface area contributed by atoms with Crippen molar-refractivity contribution in [2.45, 2.75) is 12.8 Å². The largest absolute Gasteiger partial charge is 0.423 e. The molecule has 1 aliphatic heterocycles. The molecule has 25 heavy (non-hydrogen) atoms. The number of hydrogen-bond donors (Lipinski definition) is 1. The molecule has 0 unspecified atom stereocenters. The van der Waals surface area contributed by atoms with Gasteiger partial charge in [-0.1, -0.05) is 0 Å². The van der Waals surface area contributed by atoms with E-state index in [-0.39, 0.29) is 11.6 Å². The second kappa shape index (κ2) is 6.68. The number of carbonyl (C=O) groups is 1. The van der Waals surface area contributed by atoms with E-state index < -0.39 is 0 Å². The molecule has 2 aromatic heterocycles. The quantitative estimate of drug-likeness (QED) is 0.781. The number of amides is 1.